The van der Waals surface area contributed by atoms with Gasteiger partial charge in [-0.05, 0) is 73.3 Å². The number of aromatic nitrogens is 3. The highest BCUT2D eigenvalue weighted by molar-refractivity contribution is 5.94. The van der Waals surface area contributed by atoms with Crippen molar-refractivity contribution < 1.29 is 28.9 Å². The van der Waals surface area contributed by atoms with Crippen LogP contribution in [0.25, 0.3) is 10.4 Å². The summed E-state index contributed by atoms with van der Waals surface area (Å²) in [4.78, 5) is 40.8. The summed E-state index contributed by atoms with van der Waals surface area (Å²) in [7, 11) is 0. The molecule has 3 aromatic carbocycles. The third-order valence-electron chi connectivity index (χ3n) is 7.26. The smallest absolute Gasteiger partial charge is 0.251 e. The first-order chi connectivity index (χ1) is 26.0. The van der Waals surface area contributed by atoms with Crippen LogP contribution in [0.5, 0.6) is 5.75 Å². The molecular weight excluding hydrogens is 682 g/mol. The van der Waals surface area contributed by atoms with E-state index >= 15 is 0 Å². The summed E-state index contributed by atoms with van der Waals surface area (Å²) in [6.45, 7) is 4.08. The van der Waals surface area contributed by atoms with Crippen molar-refractivity contribution in [3.05, 3.63) is 100 Å². The summed E-state index contributed by atoms with van der Waals surface area (Å²) in [6, 6.07) is 22.6. The number of nitrogens with zero attached hydrogens (tertiary/aromatic N) is 6. The topological polar surface area (TPSA) is 230 Å². The number of benzene rings is 3. The number of amides is 2. The molecule has 0 bridgehead atoms. The van der Waals surface area contributed by atoms with Crippen molar-refractivity contribution in [2.45, 2.75) is 19.3 Å². The lowest BCUT2D eigenvalue weighted by Gasteiger charge is -2.12. The SMILES string of the molecule is [N-]=[N+]=NCCOCCOCCNC(=O)c1ccc(Nc2nc(NCCCCCOCCNC(=O)c3ccccc3)nc(Nc3cccc(O)c3)n2)cc1. The molecule has 0 atom stereocenters. The van der Waals surface area contributed by atoms with Gasteiger partial charge in [0.05, 0.1) is 33.0 Å². The molecule has 53 heavy (non-hydrogen) atoms. The van der Waals surface area contributed by atoms with E-state index in [9.17, 15) is 14.7 Å². The number of hydrogen-bond donors (Lipinski definition) is 6. The van der Waals surface area contributed by atoms with Crippen LogP contribution < -0.4 is 26.6 Å². The van der Waals surface area contributed by atoms with Gasteiger partial charge < -0.3 is 45.9 Å². The van der Waals surface area contributed by atoms with Gasteiger partial charge in [0, 0.05) is 66.3 Å². The molecule has 280 valence electrons. The Kier molecular flexibility index (Phi) is 17.6. The van der Waals surface area contributed by atoms with Crippen LogP contribution >= 0.6 is 0 Å². The molecule has 1 aromatic heterocycles. The van der Waals surface area contributed by atoms with E-state index in [1.165, 1.54) is 0 Å². The standard InChI is InChI=1S/C36H45N11O6/c37-47-41-19-23-53-25-24-52-22-18-39-33(50)28-12-14-29(15-13-28)42-35-44-34(45-36(46-35)43-30-10-7-11-31(48)26-30)40-16-5-2-6-20-51-21-17-38-32(49)27-8-3-1-4-9-27/h1,3-4,7-15,26,48H,2,5-6,16-25H2,(H,38,49)(H,39,50)(H3,40,42,43,44,45,46). The first kappa shape index (κ1) is 39.8. The van der Waals surface area contributed by atoms with Crippen molar-refractivity contribution in [3.8, 4) is 5.75 Å². The number of azide groups is 1. The zero-order valence-corrected chi connectivity index (χ0v) is 29.4. The van der Waals surface area contributed by atoms with E-state index in [0.29, 0.717) is 87.7 Å². The van der Waals surface area contributed by atoms with Gasteiger partial charge in [0.25, 0.3) is 11.8 Å². The minimum atomic E-state index is -0.242. The number of hydrogen-bond acceptors (Lipinski definition) is 13. The molecule has 0 fully saturated rings. The van der Waals surface area contributed by atoms with Crippen LogP contribution in [-0.2, 0) is 14.2 Å². The number of phenolic OH excluding ortho intramolecular Hbond substituents is 1. The van der Waals surface area contributed by atoms with Crippen molar-refractivity contribution in [3.63, 3.8) is 0 Å². The van der Waals surface area contributed by atoms with E-state index in [1.807, 2.05) is 18.2 Å². The normalized spacial score (nSPS) is 10.6. The number of ether oxygens (including phenoxy) is 3. The van der Waals surface area contributed by atoms with Gasteiger partial charge in [0.15, 0.2) is 0 Å². The Morgan fingerprint density at radius 2 is 1.26 bits per heavy atom. The molecule has 0 unspecified atom stereocenters. The molecular formula is C36H45N11O6. The fourth-order valence-electron chi connectivity index (χ4n) is 4.66. The average molecular weight is 728 g/mol. The Hall–Kier alpha value is -6.00. The van der Waals surface area contributed by atoms with Crippen LogP contribution in [0.1, 0.15) is 40.0 Å². The van der Waals surface area contributed by atoms with Crippen LogP contribution in [0.2, 0.25) is 0 Å². The maximum atomic E-state index is 12.6. The van der Waals surface area contributed by atoms with Gasteiger partial charge in [0.2, 0.25) is 17.8 Å². The van der Waals surface area contributed by atoms with Gasteiger partial charge >= 0.3 is 0 Å². The number of carbonyl (C=O) groups excluding carboxylic acids is 2. The zero-order chi connectivity index (χ0) is 37.4. The highest BCUT2D eigenvalue weighted by Crippen LogP contribution is 2.21. The lowest BCUT2D eigenvalue weighted by Crippen LogP contribution is -2.27. The molecule has 1 heterocycles. The van der Waals surface area contributed by atoms with Crippen molar-refractivity contribution in [1.82, 2.24) is 25.6 Å². The van der Waals surface area contributed by atoms with Crippen LogP contribution in [0, 0.1) is 0 Å². The van der Waals surface area contributed by atoms with Gasteiger partial charge in [-0.2, -0.15) is 15.0 Å². The van der Waals surface area contributed by atoms with Gasteiger partial charge in [-0.15, -0.1) is 0 Å². The van der Waals surface area contributed by atoms with Crippen molar-refractivity contribution in [2.24, 2.45) is 5.11 Å². The molecule has 17 nitrogen and oxygen atoms in total. The summed E-state index contributed by atoms with van der Waals surface area (Å²) in [5, 5.41) is 28.5. The van der Waals surface area contributed by atoms with Gasteiger partial charge in [0.1, 0.15) is 5.75 Å². The molecule has 17 heteroatoms. The molecule has 6 N–H and O–H groups in total. The summed E-state index contributed by atoms with van der Waals surface area (Å²) in [5.41, 5.74) is 10.6. The Bertz CT molecular complexity index is 1740. The summed E-state index contributed by atoms with van der Waals surface area (Å²) in [5.74, 6) is 0.635. The van der Waals surface area contributed by atoms with Crippen LogP contribution in [0.4, 0.5) is 29.2 Å². The minimum Gasteiger partial charge on any atom is -0.508 e. The fraction of sp³-hybridized carbons (Fsp3) is 0.361. The van der Waals surface area contributed by atoms with Crippen molar-refractivity contribution in [2.75, 3.05) is 81.8 Å². The molecule has 0 radical (unpaired) electrons. The largest absolute Gasteiger partial charge is 0.508 e. The van der Waals surface area contributed by atoms with Crippen LogP contribution in [0.3, 0.4) is 0 Å². The van der Waals surface area contributed by atoms with E-state index in [4.69, 9.17) is 19.7 Å². The van der Waals surface area contributed by atoms with Gasteiger partial charge in [-0.3, -0.25) is 9.59 Å². The molecule has 0 aliphatic rings. The highest BCUT2D eigenvalue weighted by Gasteiger charge is 2.10. The molecule has 0 spiro atoms. The number of aromatic hydroxyl groups is 1. The lowest BCUT2D eigenvalue weighted by atomic mass is 10.2. The Labute approximate surface area is 307 Å². The third-order valence-corrected chi connectivity index (χ3v) is 7.26. The van der Waals surface area contributed by atoms with Gasteiger partial charge in [-0.1, -0.05) is 29.4 Å². The highest BCUT2D eigenvalue weighted by atomic mass is 16.5. The minimum absolute atomic E-state index is 0.100. The van der Waals surface area contributed by atoms with E-state index in [-0.39, 0.29) is 36.0 Å². The van der Waals surface area contributed by atoms with Crippen molar-refractivity contribution in [1.29, 1.82) is 0 Å². The number of nitrogens with one attached hydrogen (secondary N) is 5. The fourth-order valence-corrected chi connectivity index (χ4v) is 4.66. The monoisotopic (exact) mass is 727 g/mol. The van der Waals surface area contributed by atoms with Crippen LogP contribution in [-0.4, -0.2) is 97.7 Å². The summed E-state index contributed by atoms with van der Waals surface area (Å²) < 4.78 is 16.4. The molecule has 0 saturated heterocycles. The molecule has 0 saturated carbocycles. The maximum absolute atomic E-state index is 12.6. The molecule has 4 aromatic rings. The summed E-state index contributed by atoms with van der Waals surface area (Å²) in [6.07, 6.45) is 2.63. The molecule has 0 aliphatic carbocycles. The maximum Gasteiger partial charge on any atom is 0.251 e. The Morgan fingerprint density at radius 3 is 1.94 bits per heavy atom. The Balaban J connectivity index is 1.20. The molecule has 4 rings (SSSR count). The number of unbranched alkanes of at least 4 members (excludes halogenated alkanes) is 2. The second-order valence-electron chi connectivity index (χ2n) is 11.3. The first-order valence-corrected chi connectivity index (χ1v) is 17.3. The second-order valence-corrected chi connectivity index (χ2v) is 11.3. The van der Waals surface area contributed by atoms with E-state index < -0.39 is 0 Å². The van der Waals surface area contributed by atoms with E-state index in [0.717, 1.165) is 19.3 Å². The molecule has 2 amide bonds. The van der Waals surface area contributed by atoms with Crippen LogP contribution in [0.15, 0.2) is 84.0 Å². The second kappa shape index (κ2) is 23.5. The Morgan fingerprint density at radius 1 is 0.642 bits per heavy atom. The van der Waals surface area contributed by atoms with E-state index in [2.05, 4.69) is 51.6 Å². The average Bonchev–Trinajstić information content (AvgIpc) is 3.16. The van der Waals surface area contributed by atoms with Crippen molar-refractivity contribution >= 4 is 41.0 Å². The van der Waals surface area contributed by atoms with E-state index in [1.54, 1.807) is 60.7 Å². The first-order valence-electron chi connectivity index (χ1n) is 17.3. The third kappa shape index (κ3) is 15.8. The zero-order valence-electron chi connectivity index (χ0n) is 29.4. The predicted octanol–water partition coefficient (Wildman–Crippen LogP) is 5.17. The predicted molar refractivity (Wildman–Crippen MR) is 201 cm³/mol. The molecule has 0 aliphatic heterocycles. The summed E-state index contributed by atoms with van der Waals surface area (Å²) >= 11 is 0. The number of carbonyl (C=O) groups is 2. The lowest BCUT2D eigenvalue weighted by molar-refractivity contribution is 0.0511. The van der Waals surface area contributed by atoms with Gasteiger partial charge in [-0.25, -0.2) is 0 Å². The number of anilines is 5. The quantitative estimate of drug-likeness (QED) is 0.0225. The number of rotatable bonds is 25. The number of phenols is 1.